The molecule has 0 spiro atoms. The van der Waals surface area contributed by atoms with Gasteiger partial charge in [-0.1, -0.05) is 0 Å². The van der Waals surface area contributed by atoms with Gasteiger partial charge in [-0.3, -0.25) is 4.98 Å². The fourth-order valence-corrected chi connectivity index (χ4v) is 1.35. The fraction of sp³-hybridized carbons (Fsp3) is 0.444. The number of aliphatic hydroxyl groups excluding tert-OH is 1. The highest BCUT2D eigenvalue weighted by molar-refractivity contribution is 5.41. The van der Waals surface area contributed by atoms with Gasteiger partial charge in [-0.25, -0.2) is 8.78 Å². The number of alkyl halides is 2. The minimum atomic E-state index is -2.73. The van der Waals surface area contributed by atoms with Crippen molar-refractivity contribution in [2.75, 3.05) is 7.11 Å². The topological polar surface area (TPSA) is 68.4 Å². The number of aromatic nitrogens is 1. The van der Waals surface area contributed by atoms with Gasteiger partial charge in [0.2, 0.25) is 0 Å². The Labute approximate surface area is 85.7 Å². The minimum absolute atomic E-state index is 0.0444. The van der Waals surface area contributed by atoms with Gasteiger partial charge in [-0.05, 0) is 0 Å². The zero-order chi connectivity index (χ0) is 11.4. The van der Waals surface area contributed by atoms with E-state index in [9.17, 15) is 8.78 Å². The van der Waals surface area contributed by atoms with Crippen molar-refractivity contribution < 1.29 is 18.6 Å². The third-order valence-corrected chi connectivity index (χ3v) is 2.06. The summed E-state index contributed by atoms with van der Waals surface area (Å²) in [6, 6.07) is 0. The second-order valence-electron chi connectivity index (χ2n) is 2.83. The molecule has 0 fully saturated rings. The molecule has 0 amide bonds. The van der Waals surface area contributed by atoms with Crippen LogP contribution in [-0.2, 0) is 13.2 Å². The van der Waals surface area contributed by atoms with Crippen molar-refractivity contribution in [1.82, 2.24) is 4.98 Å². The molecular weight excluding hydrogens is 206 g/mol. The van der Waals surface area contributed by atoms with Crippen molar-refractivity contribution in [3.63, 3.8) is 0 Å². The number of pyridine rings is 1. The summed E-state index contributed by atoms with van der Waals surface area (Å²) in [5, 5.41) is 9.02. The molecule has 0 atom stereocenters. The molecule has 0 saturated heterocycles. The Hall–Kier alpha value is -1.27. The first kappa shape index (κ1) is 11.8. The Morgan fingerprint density at radius 3 is 2.67 bits per heavy atom. The molecule has 6 heteroatoms. The summed E-state index contributed by atoms with van der Waals surface area (Å²) in [6.45, 7) is -0.630. The second kappa shape index (κ2) is 4.99. The monoisotopic (exact) mass is 218 g/mol. The first-order valence-electron chi connectivity index (χ1n) is 4.29. The van der Waals surface area contributed by atoms with Crippen molar-refractivity contribution in [3.05, 3.63) is 23.0 Å². The van der Waals surface area contributed by atoms with Crippen molar-refractivity contribution in [2.24, 2.45) is 5.73 Å². The van der Waals surface area contributed by atoms with E-state index in [1.54, 1.807) is 0 Å². The predicted octanol–water partition coefficient (Wildman–Crippen LogP) is 0.979. The number of ether oxygens (including phenoxy) is 1. The van der Waals surface area contributed by atoms with Gasteiger partial charge in [-0.15, -0.1) is 0 Å². The minimum Gasteiger partial charge on any atom is -0.495 e. The summed E-state index contributed by atoms with van der Waals surface area (Å²) in [7, 11) is 1.33. The van der Waals surface area contributed by atoms with Crippen LogP contribution in [0, 0.1) is 0 Å². The lowest BCUT2D eigenvalue weighted by atomic mass is 10.1. The van der Waals surface area contributed by atoms with Gasteiger partial charge in [-0.2, -0.15) is 0 Å². The van der Waals surface area contributed by atoms with E-state index in [0.29, 0.717) is 0 Å². The van der Waals surface area contributed by atoms with E-state index >= 15 is 0 Å². The third-order valence-electron chi connectivity index (χ3n) is 2.06. The number of hydrogen-bond acceptors (Lipinski definition) is 4. The summed E-state index contributed by atoms with van der Waals surface area (Å²) in [5.74, 6) is 0.144. The Morgan fingerprint density at radius 1 is 1.60 bits per heavy atom. The van der Waals surface area contributed by atoms with E-state index in [-0.39, 0.29) is 29.1 Å². The predicted molar refractivity (Wildman–Crippen MR) is 49.6 cm³/mol. The van der Waals surface area contributed by atoms with Crippen LogP contribution in [0.5, 0.6) is 5.75 Å². The Balaban J connectivity index is 3.37. The maximum atomic E-state index is 12.7. The number of rotatable bonds is 4. The highest BCUT2D eigenvalue weighted by Crippen LogP contribution is 2.31. The average Bonchev–Trinajstić information content (AvgIpc) is 2.26. The molecular formula is C9H12F2N2O2. The third kappa shape index (κ3) is 2.21. The van der Waals surface area contributed by atoms with Gasteiger partial charge < -0.3 is 15.6 Å². The van der Waals surface area contributed by atoms with Crippen molar-refractivity contribution in [2.45, 2.75) is 19.6 Å². The van der Waals surface area contributed by atoms with E-state index in [4.69, 9.17) is 15.6 Å². The maximum absolute atomic E-state index is 12.7. The van der Waals surface area contributed by atoms with Crippen LogP contribution in [0.1, 0.15) is 23.2 Å². The Morgan fingerprint density at radius 2 is 2.27 bits per heavy atom. The molecule has 0 aliphatic rings. The van der Waals surface area contributed by atoms with E-state index in [1.165, 1.54) is 13.3 Å². The molecule has 4 nitrogen and oxygen atoms in total. The molecule has 84 valence electrons. The van der Waals surface area contributed by atoms with Gasteiger partial charge in [0.25, 0.3) is 6.43 Å². The number of nitrogens with two attached hydrogens (primary N) is 1. The van der Waals surface area contributed by atoms with Crippen LogP contribution >= 0.6 is 0 Å². The summed E-state index contributed by atoms with van der Waals surface area (Å²) < 4.78 is 30.3. The van der Waals surface area contributed by atoms with Crippen molar-refractivity contribution in [1.29, 1.82) is 0 Å². The van der Waals surface area contributed by atoms with E-state index in [2.05, 4.69) is 4.98 Å². The van der Waals surface area contributed by atoms with Crippen molar-refractivity contribution in [3.8, 4) is 5.75 Å². The fourth-order valence-electron chi connectivity index (χ4n) is 1.35. The first-order valence-corrected chi connectivity index (χ1v) is 4.29. The van der Waals surface area contributed by atoms with E-state index in [1.807, 2.05) is 0 Å². The second-order valence-corrected chi connectivity index (χ2v) is 2.83. The normalized spacial score (nSPS) is 10.8. The van der Waals surface area contributed by atoms with Crippen LogP contribution in [0.3, 0.4) is 0 Å². The van der Waals surface area contributed by atoms with Crippen LogP contribution in [0.15, 0.2) is 6.20 Å². The highest BCUT2D eigenvalue weighted by Gasteiger charge is 2.21. The van der Waals surface area contributed by atoms with Gasteiger partial charge >= 0.3 is 0 Å². The molecule has 0 bridgehead atoms. The van der Waals surface area contributed by atoms with E-state index in [0.717, 1.165) is 0 Å². The van der Waals surface area contributed by atoms with Crippen molar-refractivity contribution >= 4 is 0 Å². The van der Waals surface area contributed by atoms with Crippen LogP contribution in [-0.4, -0.2) is 17.2 Å². The zero-order valence-electron chi connectivity index (χ0n) is 8.20. The lowest BCUT2D eigenvalue weighted by molar-refractivity contribution is 0.144. The first-order chi connectivity index (χ1) is 7.15. The molecule has 1 aromatic rings. The number of aliphatic hydroxyl groups is 1. The Bertz CT molecular complexity index is 345. The van der Waals surface area contributed by atoms with Gasteiger partial charge in [0.05, 0.1) is 25.6 Å². The maximum Gasteiger partial charge on any atom is 0.266 e. The van der Waals surface area contributed by atoms with Crippen LogP contribution in [0.4, 0.5) is 8.78 Å². The molecule has 0 radical (unpaired) electrons. The molecule has 1 rings (SSSR count). The average molecular weight is 218 g/mol. The molecule has 0 aliphatic heterocycles. The van der Waals surface area contributed by atoms with Crippen LogP contribution in [0.25, 0.3) is 0 Å². The standard InChI is InChI=1S/C9H12F2N2O2/c1-15-7-3-13-6(2-12)8(9(10)11)5(7)4-14/h3,9,14H,2,4,12H2,1H3. The number of methoxy groups -OCH3 is 1. The molecule has 0 saturated carbocycles. The van der Waals surface area contributed by atoms with E-state index < -0.39 is 13.0 Å². The molecule has 0 aromatic carbocycles. The lowest BCUT2D eigenvalue weighted by Crippen LogP contribution is -2.10. The summed E-state index contributed by atoms with van der Waals surface area (Å²) >= 11 is 0. The van der Waals surface area contributed by atoms with Gasteiger partial charge in [0, 0.05) is 17.7 Å². The van der Waals surface area contributed by atoms with Gasteiger partial charge in [0.1, 0.15) is 5.75 Å². The molecule has 3 N–H and O–H groups in total. The summed E-state index contributed by atoms with van der Waals surface area (Å²) in [5.41, 5.74) is 5.07. The highest BCUT2D eigenvalue weighted by atomic mass is 19.3. The molecule has 1 heterocycles. The largest absolute Gasteiger partial charge is 0.495 e. The number of nitrogens with zero attached hydrogens (tertiary/aromatic N) is 1. The van der Waals surface area contributed by atoms with Crippen LogP contribution < -0.4 is 10.5 Å². The molecule has 0 unspecified atom stereocenters. The smallest absolute Gasteiger partial charge is 0.266 e. The van der Waals surface area contributed by atoms with Crippen LogP contribution in [0.2, 0.25) is 0 Å². The van der Waals surface area contributed by atoms with Gasteiger partial charge in [0.15, 0.2) is 0 Å². The Kier molecular flexibility index (Phi) is 3.93. The molecule has 1 aromatic heterocycles. The lowest BCUT2D eigenvalue weighted by Gasteiger charge is -2.14. The molecule has 15 heavy (non-hydrogen) atoms. The SMILES string of the molecule is COc1cnc(CN)c(C(F)F)c1CO. The summed E-state index contributed by atoms with van der Waals surface area (Å²) in [6.07, 6.45) is -1.45. The quantitative estimate of drug-likeness (QED) is 0.790. The summed E-state index contributed by atoms with van der Waals surface area (Å²) in [4.78, 5) is 3.76. The molecule has 0 aliphatic carbocycles. The number of hydrogen-bond donors (Lipinski definition) is 2. The zero-order valence-corrected chi connectivity index (χ0v) is 8.20. The number of halogens is 2.